The van der Waals surface area contributed by atoms with Crippen molar-refractivity contribution in [1.29, 1.82) is 0 Å². The standard InChI is InChI=1S/C13H20N6O2/c1-3-5-10-12(19(20)21)13(18(2)17-10)16-7-4-6-11-14-8-9-15-11/h8-9,16H,3-7H2,1-2H3,(H,14,15). The number of aromatic nitrogens is 4. The van der Waals surface area contributed by atoms with E-state index in [1.807, 2.05) is 6.92 Å². The van der Waals surface area contributed by atoms with E-state index in [0.717, 1.165) is 25.1 Å². The van der Waals surface area contributed by atoms with Gasteiger partial charge in [-0.25, -0.2) is 9.67 Å². The lowest BCUT2D eigenvalue weighted by molar-refractivity contribution is -0.384. The van der Waals surface area contributed by atoms with E-state index in [1.54, 1.807) is 24.1 Å². The van der Waals surface area contributed by atoms with Crippen LogP contribution < -0.4 is 5.32 Å². The predicted octanol–water partition coefficient (Wildman–Crippen LogP) is 2.05. The minimum absolute atomic E-state index is 0.0948. The molecule has 2 N–H and O–H groups in total. The van der Waals surface area contributed by atoms with Crippen molar-refractivity contribution in [3.8, 4) is 0 Å². The topological polar surface area (TPSA) is 102 Å². The molecule has 2 aromatic heterocycles. The fraction of sp³-hybridized carbons (Fsp3) is 0.538. The van der Waals surface area contributed by atoms with E-state index in [1.165, 1.54) is 0 Å². The summed E-state index contributed by atoms with van der Waals surface area (Å²) in [5, 5.41) is 18.6. The Morgan fingerprint density at radius 1 is 1.48 bits per heavy atom. The molecule has 2 rings (SSSR count). The van der Waals surface area contributed by atoms with E-state index in [2.05, 4.69) is 20.4 Å². The summed E-state index contributed by atoms with van der Waals surface area (Å²) in [6.07, 6.45) is 6.57. The molecular formula is C13H20N6O2. The predicted molar refractivity (Wildman–Crippen MR) is 79.3 cm³/mol. The quantitative estimate of drug-likeness (QED) is 0.440. The van der Waals surface area contributed by atoms with Gasteiger partial charge in [0.2, 0.25) is 5.82 Å². The number of nitro groups is 1. The maximum absolute atomic E-state index is 11.2. The summed E-state index contributed by atoms with van der Waals surface area (Å²) in [5.41, 5.74) is 0.635. The molecule has 2 heterocycles. The summed E-state index contributed by atoms with van der Waals surface area (Å²) in [6.45, 7) is 2.61. The summed E-state index contributed by atoms with van der Waals surface area (Å²) >= 11 is 0. The van der Waals surface area contributed by atoms with Crippen molar-refractivity contribution in [1.82, 2.24) is 19.7 Å². The molecule has 0 saturated heterocycles. The number of anilines is 1. The van der Waals surface area contributed by atoms with Crippen LogP contribution in [0.4, 0.5) is 11.5 Å². The molecule has 0 bridgehead atoms. The third-order valence-electron chi connectivity index (χ3n) is 3.20. The van der Waals surface area contributed by atoms with Crippen molar-refractivity contribution in [2.45, 2.75) is 32.6 Å². The minimum atomic E-state index is -0.354. The van der Waals surface area contributed by atoms with Gasteiger partial charge >= 0.3 is 5.69 Å². The van der Waals surface area contributed by atoms with Crippen LogP contribution in [0.15, 0.2) is 12.4 Å². The molecule has 114 valence electrons. The van der Waals surface area contributed by atoms with Gasteiger partial charge in [0.1, 0.15) is 11.5 Å². The lowest BCUT2D eigenvalue weighted by Crippen LogP contribution is -2.09. The van der Waals surface area contributed by atoms with E-state index in [0.29, 0.717) is 24.5 Å². The second kappa shape index (κ2) is 6.87. The number of nitrogens with one attached hydrogen (secondary N) is 2. The summed E-state index contributed by atoms with van der Waals surface area (Å²) in [6, 6.07) is 0. The smallest absolute Gasteiger partial charge is 0.333 e. The van der Waals surface area contributed by atoms with Gasteiger partial charge in [0.05, 0.1) is 4.92 Å². The van der Waals surface area contributed by atoms with E-state index in [4.69, 9.17) is 0 Å². The van der Waals surface area contributed by atoms with Crippen LogP contribution in [0.3, 0.4) is 0 Å². The third-order valence-corrected chi connectivity index (χ3v) is 3.20. The maximum atomic E-state index is 11.2. The van der Waals surface area contributed by atoms with Crippen LogP contribution in [0, 0.1) is 10.1 Å². The van der Waals surface area contributed by atoms with Crippen LogP contribution in [0.25, 0.3) is 0 Å². The molecule has 0 radical (unpaired) electrons. The Kier molecular flexibility index (Phi) is 4.91. The van der Waals surface area contributed by atoms with Gasteiger partial charge in [-0.2, -0.15) is 5.10 Å². The Labute approximate surface area is 122 Å². The lowest BCUT2D eigenvalue weighted by atomic mass is 10.2. The van der Waals surface area contributed by atoms with Crippen molar-refractivity contribution in [3.05, 3.63) is 34.0 Å². The highest BCUT2D eigenvalue weighted by Crippen LogP contribution is 2.28. The van der Waals surface area contributed by atoms with Crippen molar-refractivity contribution in [2.75, 3.05) is 11.9 Å². The van der Waals surface area contributed by atoms with Crippen LogP contribution in [0.5, 0.6) is 0 Å². The van der Waals surface area contributed by atoms with Gasteiger partial charge in [-0.05, 0) is 12.8 Å². The van der Waals surface area contributed by atoms with Crippen molar-refractivity contribution in [3.63, 3.8) is 0 Å². The number of nitrogens with zero attached hydrogens (tertiary/aromatic N) is 4. The molecule has 21 heavy (non-hydrogen) atoms. The zero-order chi connectivity index (χ0) is 15.2. The number of rotatable bonds is 8. The Bertz CT molecular complexity index is 590. The van der Waals surface area contributed by atoms with Gasteiger partial charge < -0.3 is 10.3 Å². The van der Waals surface area contributed by atoms with Crippen LogP contribution in [0.1, 0.15) is 31.3 Å². The van der Waals surface area contributed by atoms with Crippen molar-refractivity contribution in [2.24, 2.45) is 7.05 Å². The molecule has 0 aliphatic carbocycles. The molecule has 8 nitrogen and oxygen atoms in total. The summed E-state index contributed by atoms with van der Waals surface area (Å²) in [4.78, 5) is 18.1. The second-order valence-corrected chi connectivity index (χ2v) is 4.84. The van der Waals surface area contributed by atoms with E-state index >= 15 is 0 Å². The highest BCUT2D eigenvalue weighted by atomic mass is 16.6. The van der Waals surface area contributed by atoms with E-state index < -0.39 is 0 Å². The number of hydrogen-bond acceptors (Lipinski definition) is 5. The third kappa shape index (κ3) is 3.59. The number of hydrogen-bond donors (Lipinski definition) is 2. The molecule has 0 saturated carbocycles. The molecule has 0 aliphatic rings. The molecule has 0 fully saturated rings. The zero-order valence-electron chi connectivity index (χ0n) is 12.3. The van der Waals surface area contributed by atoms with Gasteiger partial charge in [-0.1, -0.05) is 13.3 Å². The Hall–Kier alpha value is -2.38. The monoisotopic (exact) mass is 292 g/mol. The fourth-order valence-corrected chi connectivity index (χ4v) is 2.26. The van der Waals surface area contributed by atoms with Gasteiger partial charge in [-0.15, -0.1) is 0 Å². The first-order valence-corrected chi connectivity index (χ1v) is 7.05. The SMILES string of the molecule is CCCc1nn(C)c(NCCCc2ncc[nH]2)c1[N+](=O)[O-]. The molecule has 0 aliphatic heterocycles. The molecule has 0 spiro atoms. The first-order valence-electron chi connectivity index (χ1n) is 7.05. The lowest BCUT2D eigenvalue weighted by Gasteiger charge is -2.05. The van der Waals surface area contributed by atoms with Crippen LogP contribution in [-0.2, 0) is 19.9 Å². The zero-order valence-corrected chi connectivity index (χ0v) is 12.3. The average molecular weight is 292 g/mol. The summed E-state index contributed by atoms with van der Waals surface area (Å²) in [7, 11) is 1.72. The Morgan fingerprint density at radius 3 is 2.90 bits per heavy atom. The van der Waals surface area contributed by atoms with Crippen LogP contribution in [-0.4, -0.2) is 31.2 Å². The number of H-pyrrole nitrogens is 1. The van der Waals surface area contributed by atoms with E-state index in [9.17, 15) is 10.1 Å². The normalized spacial score (nSPS) is 10.8. The first kappa shape index (κ1) is 15.0. The molecular weight excluding hydrogens is 272 g/mol. The number of aryl methyl sites for hydroxylation is 3. The highest BCUT2D eigenvalue weighted by Gasteiger charge is 2.25. The van der Waals surface area contributed by atoms with Crippen molar-refractivity contribution >= 4 is 11.5 Å². The molecule has 0 atom stereocenters. The summed E-state index contributed by atoms with van der Waals surface area (Å²) < 4.78 is 1.55. The molecule has 0 unspecified atom stereocenters. The molecule has 0 aromatic carbocycles. The average Bonchev–Trinajstić information content (AvgIpc) is 3.03. The molecule has 2 aromatic rings. The van der Waals surface area contributed by atoms with Gasteiger partial charge in [-0.3, -0.25) is 10.1 Å². The number of aromatic amines is 1. The van der Waals surface area contributed by atoms with Gasteiger partial charge in [0, 0.05) is 32.4 Å². The van der Waals surface area contributed by atoms with Crippen LogP contribution >= 0.6 is 0 Å². The maximum Gasteiger partial charge on any atom is 0.333 e. The van der Waals surface area contributed by atoms with Gasteiger partial charge in [0.15, 0.2) is 0 Å². The first-order chi connectivity index (χ1) is 10.1. The Balaban J connectivity index is 1.99. The van der Waals surface area contributed by atoms with Gasteiger partial charge in [0.25, 0.3) is 0 Å². The number of imidazole rings is 1. The molecule has 8 heteroatoms. The second-order valence-electron chi connectivity index (χ2n) is 4.84. The molecule has 0 amide bonds. The van der Waals surface area contributed by atoms with Crippen molar-refractivity contribution < 1.29 is 4.92 Å². The highest BCUT2D eigenvalue weighted by molar-refractivity contribution is 5.59. The summed E-state index contributed by atoms with van der Waals surface area (Å²) in [5.74, 6) is 1.39. The largest absolute Gasteiger partial charge is 0.365 e. The fourth-order valence-electron chi connectivity index (χ4n) is 2.26. The van der Waals surface area contributed by atoms with Crippen LogP contribution in [0.2, 0.25) is 0 Å². The minimum Gasteiger partial charge on any atom is -0.365 e. The van der Waals surface area contributed by atoms with E-state index in [-0.39, 0.29) is 10.6 Å². The Morgan fingerprint density at radius 2 is 2.29 bits per heavy atom.